The lowest BCUT2D eigenvalue weighted by Gasteiger charge is -2.22. The van der Waals surface area contributed by atoms with Crippen LogP contribution in [0.3, 0.4) is 0 Å². The number of nitrogens with zero attached hydrogens (tertiary/aromatic N) is 2. The van der Waals surface area contributed by atoms with Gasteiger partial charge in [-0.1, -0.05) is 56.7 Å². The maximum Gasteiger partial charge on any atom is 0.223 e. The molecule has 1 aromatic carbocycles. The molecule has 1 aliphatic rings. The number of β-amino-alcohol motifs (C(OH)–C–C–N with tert-alkyl or cyclic N) is 1. The van der Waals surface area contributed by atoms with E-state index in [-0.39, 0.29) is 23.3 Å². The molecule has 2 heterocycles. The molecule has 1 aromatic heterocycles. The first kappa shape index (κ1) is 34.0. The molecule has 1 atom stereocenters. The van der Waals surface area contributed by atoms with Crippen molar-refractivity contribution in [1.82, 2.24) is 15.2 Å². The van der Waals surface area contributed by atoms with Crippen LogP contribution < -0.4 is 11.1 Å². The molecular weight excluding hydrogens is 512 g/mol. The lowest BCUT2D eigenvalue weighted by molar-refractivity contribution is -0.132. The molecule has 0 aliphatic carbocycles. The van der Waals surface area contributed by atoms with Gasteiger partial charge in [0.2, 0.25) is 18.2 Å². The number of aliphatic hydroxyl groups is 1. The monoisotopic (exact) mass is 558 g/mol. The zero-order valence-electron chi connectivity index (χ0n) is 24.3. The third-order valence-corrected chi connectivity index (χ3v) is 7.01. The van der Waals surface area contributed by atoms with Gasteiger partial charge in [0, 0.05) is 32.5 Å². The minimum Gasteiger partial charge on any atom is -0.391 e. The lowest BCUT2D eigenvalue weighted by atomic mass is 9.92. The van der Waals surface area contributed by atoms with Gasteiger partial charge in [-0.2, -0.15) is 0 Å². The van der Waals surface area contributed by atoms with Crippen molar-refractivity contribution in [3.8, 4) is 10.4 Å². The fourth-order valence-corrected chi connectivity index (χ4v) is 4.54. The van der Waals surface area contributed by atoms with Gasteiger partial charge in [-0.3, -0.25) is 14.4 Å². The number of carbonyl (C=O) groups is 3. The van der Waals surface area contributed by atoms with Crippen LogP contribution in [-0.4, -0.2) is 52.4 Å². The number of nitrogens with two attached hydrogens (primary N) is 1. The van der Waals surface area contributed by atoms with Crippen LogP contribution in [0.4, 0.5) is 0 Å². The minimum absolute atomic E-state index is 0.0463. The number of hydrogen-bond donors (Lipinski definition) is 3. The number of amides is 3. The van der Waals surface area contributed by atoms with Crippen LogP contribution in [-0.2, 0) is 20.9 Å². The first-order valence-corrected chi connectivity index (χ1v) is 14.3. The summed E-state index contributed by atoms with van der Waals surface area (Å²) >= 11 is 1.64. The lowest BCUT2D eigenvalue weighted by Crippen LogP contribution is -2.32. The van der Waals surface area contributed by atoms with E-state index < -0.39 is 0 Å². The van der Waals surface area contributed by atoms with Crippen molar-refractivity contribution in [3.05, 3.63) is 52.7 Å². The SMILES string of the molecule is C/C=C(\C)CCCC(N)=O.CC(C)(C)CC(=O)N1CCC(O)C1.Cc1ncsc1-c1ccc(CNC=O)cc1. The molecule has 0 saturated carbocycles. The van der Waals surface area contributed by atoms with Gasteiger partial charge >= 0.3 is 0 Å². The molecule has 0 bridgehead atoms. The molecular formula is C30H46N4O4S. The summed E-state index contributed by atoms with van der Waals surface area (Å²) in [7, 11) is 0. The van der Waals surface area contributed by atoms with E-state index in [4.69, 9.17) is 5.73 Å². The highest BCUT2D eigenvalue weighted by molar-refractivity contribution is 7.13. The van der Waals surface area contributed by atoms with E-state index in [9.17, 15) is 19.5 Å². The molecule has 1 unspecified atom stereocenters. The number of thiazole rings is 1. The normalized spacial score (nSPS) is 15.0. The summed E-state index contributed by atoms with van der Waals surface area (Å²) in [4.78, 5) is 39.2. The van der Waals surface area contributed by atoms with Gasteiger partial charge in [0.25, 0.3) is 0 Å². The predicted octanol–water partition coefficient (Wildman–Crippen LogP) is 4.99. The van der Waals surface area contributed by atoms with Crippen LogP contribution in [0.2, 0.25) is 0 Å². The van der Waals surface area contributed by atoms with E-state index in [1.54, 1.807) is 16.2 Å². The molecule has 1 aliphatic heterocycles. The summed E-state index contributed by atoms with van der Waals surface area (Å²) in [5, 5.41) is 11.9. The number of aliphatic hydroxyl groups excluding tert-OH is 1. The van der Waals surface area contributed by atoms with Crippen molar-refractivity contribution in [3.63, 3.8) is 0 Å². The van der Waals surface area contributed by atoms with Crippen molar-refractivity contribution >= 4 is 29.6 Å². The zero-order chi connectivity index (χ0) is 29.4. The molecule has 216 valence electrons. The number of rotatable bonds is 9. The maximum absolute atomic E-state index is 11.6. The fourth-order valence-electron chi connectivity index (χ4n) is 3.73. The van der Waals surface area contributed by atoms with Crippen molar-refractivity contribution < 1.29 is 19.5 Å². The number of nitrogens with one attached hydrogen (secondary N) is 1. The quantitative estimate of drug-likeness (QED) is 0.295. The number of allylic oxidation sites excluding steroid dienone is 2. The van der Waals surface area contributed by atoms with Gasteiger partial charge in [0.1, 0.15) is 0 Å². The van der Waals surface area contributed by atoms with E-state index in [0.29, 0.717) is 32.3 Å². The molecule has 4 N–H and O–H groups in total. The second-order valence-corrected chi connectivity index (χ2v) is 11.8. The topological polar surface area (TPSA) is 126 Å². The molecule has 3 rings (SSSR count). The van der Waals surface area contributed by atoms with E-state index >= 15 is 0 Å². The van der Waals surface area contributed by atoms with Crippen LogP contribution in [0.15, 0.2) is 41.4 Å². The van der Waals surface area contributed by atoms with Gasteiger partial charge < -0.3 is 21.1 Å². The molecule has 1 saturated heterocycles. The first-order chi connectivity index (χ1) is 18.4. The first-order valence-electron chi connectivity index (χ1n) is 13.4. The predicted molar refractivity (Wildman–Crippen MR) is 159 cm³/mol. The third-order valence-electron chi connectivity index (χ3n) is 6.04. The Morgan fingerprint density at radius 2 is 1.90 bits per heavy atom. The number of carbonyl (C=O) groups excluding carboxylic acids is 3. The Bertz CT molecular complexity index is 1060. The molecule has 39 heavy (non-hydrogen) atoms. The fraction of sp³-hybridized carbons (Fsp3) is 0.533. The Kier molecular flexibility index (Phi) is 15.3. The molecule has 1 fully saturated rings. The Labute approximate surface area is 237 Å². The average molecular weight is 559 g/mol. The van der Waals surface area contributed by atoms with Crippen molar-refractivity contribution in [2.24, 2.45) is 11.1 Å². The highest BCUT2D eigenvalue weighted by Crippen LogP contribution is 2.27. The highest BCUT2D eigenvalue weighted by Gasteiger charge is 2.27. The van der Waals surface area contributed by atoms with Gasteiger partial charge in [-0.25, -0.2) is 4.98 Å². The van der Waals surface area contributed by atoms with Gasteiger partial charge in [-0.15, -0.1) is 11.3 Å². The highest BCUT2D eigenvalue weighted by atomic mass is 32.1. The smallest absolute Gasteiger partial charge is 0.223 e. The van der Waals surface area contributed by atoms with E-state index in [0.717, 1.165) is 37.1 Å². The van der Waals surface area contributed by atoms with E-state index in [1.165, 1.54) is 16.0 Å². The van der Waals surface area contributed by atoms with Gasteiger partial charge in [0.15, 0.2) is 0 Å². The average Bonchev–Trinajstić information content (AvgIpc) is 3.50. The van der Waals surface area contributed by atoms with E-state index in [2.05, 4.69) is 56.2 Å². The zero-order valence-corrected chi connectivity index (χ0v) is 25.1. The Hall–Kier alpha value is -3.04. The maximum atomic E-state index is 11.6. The van der Waals surface area contributed by atoms with Crippen LogP contribution in [0.25, 0.3) is 10.4 Å². The van der Waals surface area contributed by atoms with Crippen molar-refractivity contribution in [2.75, 3.05) is 13.1 Å². The molecule has 8 nitrogen and oxygen atoms in total. The van der Waals surface area contributed by atoms with E-state index in [1.807, 2.05) is 31.5 Å². The second kappa shape index (κ2) is 17.5. The number of likely N-dealkylation sites (tertiary alicyclic amines) is 1. The summed E-state index contributed by atoms with van der Waals surface area (Å²) in [6, 6.07) is 8.15. The van der Waals surface area contributed by atoms with Gasteiger partial charge in [0.05, 0.1) is 22.2 Å². The Balaban J connectivity index is 0.000000302. The van der Waals surface area contributed by atoms with Crippen molar-refractivity contribution in [1.29, 1.82) is 0 Å². The standard InChI is InChI=1S/C12H12N2OS.C10H19NO2.C8H15NO/c1-9-12(16-8-14-9)11-4-2-10(3-5-11)6-13-7-15;1-10(2,3)6-9(13)11-5-4-8(12)7-11;1-3-7(2)5-4-6-8(9)10/h2-5,7-8H,6H2,1H3,(H,13,15);8,12H,4-7H2,1-3H3;3H,4-6H2,1-2H3,(H2,9,10)/b;;7-3+. The minimum atomic E-state index is -0.302. The molecule has 3 amide bonds. The second-order valence-electron chi connectivity index (χ2n) is 10.9. The molecule has 0 radical (unpaired) electrons. The number of benzene rings is 1. The van der Waals surface area contributed by atoms with Crippen LogP contribution in [0.5, 0.6) is 0 Å². The van der Waals surface area contributed by atoms with Crippen LogP contribution >= 0.6 is 11.3 Å². The summed E-state index contributed by atoms with van der Waals surface area (Å²) in [6.07, 6.45) is 6.14. The Morgan fingerprint density at radius 1 is 1.23 bits per heavy atom. The summed E-state index contributed by atoms with van der Waals surface area (Å²) in [6.45, 7) is 14.0. The molecule has 9 heteroatoms. The molecule has 2 aromatic rings. The number of aryl methyl sites for hydroxylation is 1. The van der Waals surface area contributed by atoms with Crippen molar-refractivity contribution in [2.45, 2.75) is 86.3 Å². The largest absolute Gasteiger partial charge is 0.391 e. The third kappa shape index (κ3) is 14.6. The summed E-state index contributed by atoms with van der Waals surface area (Å²) in [5.41, 5.74) is 11.5. The number of aromatic nitrogens is 1. The summed E-state index contributed by atoms with van der Waals surface area (Å²) in [5.74, 6) is -0.0343. The summed E-state index contributed by atoms with van der Waals surface area (Å²) < 4.78 is 0. The van der Waals surface area contributed by atoms with Gasteiger partial charge in [-0.05, 0) is 56.6 Å². The number of primary amides is 1. The van der Waals surface area contributed by atoms with Crippen LogP contribution in [0.1, 0.15) is 78.0 Å². The Morgan fingerprint density at radius 3 is 2.36 bits per heavy atom. The van der Waals surface area contributed by atoms with Crippen LogP contribution in [0, 0.1) is 12.3 Å². The molecule has 0 spiro atoms. The number of hydrogen-bond acceptors (Lipinski definition) is 6.